The van der Waals surface area contributed by atoms with Gasteiger partial charge in [0.2, 0.25) is 0 Å². The van der Waals surface area contributed by atoms with E-state index in [9.17, 15) is 0 Å². The molecule has 1 heterocycles. The first-order valence-electron chi connectivity index (χ1n) is 4.05. The molecule has 0 amide bonds. The third-order valence-corrected chi connectivity index (χ3v) is 2.30. The van der Waals surface area contributed by atoms with Crippen LogP contribution in [0.5, 0.6) is 0 Å². The summed E-state index contributed by atoms with van der Waals surface area (Å²) in [5.74, 6) is 0. The van der Waals surface area contributed by atoms with Gasteiger partial charge in [0.25, 0.3) is 0 Å². The summed E-state index contributed by atoms with van der Waals surface area (Å²) in [5, 5.41) is 0. The number of hydrogen-bond acceptors (Lipinski definition) is 1. The van der Waals surface area contributed by atoms with Crippen molar-refractivity contribution >= 4 is 15.9 Å². The van der Waals surface area contributed by atoms with Gasteiger partial charge < -0.3 is 0 Å². The minimum Gasteiger partial charge on any atom is -0.246 e. The van der Waals surface area contributed by atoms with Crippen LogP contribution in [0, 0.1) is 6.92 Å². The summed E-state index contributed by atoms with van der Waals surface area (Å²) in [6, 6.07) is 4.12. The van der Waals surface area contributed by atoms with Crippen LogP contribution in [-0.4, -0.2) is 4.98 Å². The molecule has 1 aromatic rings. The molecular weight excluding hydrogens is 214 g/mol. The molecule has 0 unspecified atom stereocenters. The first kappa shape index (κ1) is 9.72. The van der Waals surface area contributed by atoms with Gasteiger partial charge in [-0.25, -0.2) is 4.98 Å². The van der Waals surface area contributed by atoms with Crippen LogP contribution >= 0.6 is 15.9 Å². The molecule has 0 aliphatic carbocycles. The third-order valence-electron chi connectivity index (χ3n) is 1.86. The van der Waals surface area contributed by atoms with E-state index in [1.807, 2.05) is 13.0 Å². The Labute approximate surface area is 82.3 Å². The monoisotopic (exact) mass is 227 g/mol. The second-order valence-corrected chi connectivity index (χ2v) is 4.83. The molecule has 0 saturated heterocycles. The molecule has 12 heavy (non-hydrogen) atoms. The number of aromatic nitrogens is 1. The van der Waals surface area contributed by atoms with Gasteiger partial charge in [0.05, 0.1) is 0 Å². The highest BCUT2D eigenvalue weighted by molar-refractivity contribution is 9.10. The van der Waals surface area contributed by atoms with E-state index in [0.29, 0.717) is 0 Å². The fourth-order valence-electron chi connectivity index (χ4n) is 1.32. The zero-order valence-electron chi connectivity index (χ0n) is 7.98. The molecule has 0 fully saturated rings. The lowest BCUT2D eigenvalue weighted by Gasteiger charge is -2.20. The summed E-state index contributed by atoms with van der Waals surface area (Å²) in [4.78, 5) is 4.36. The maximum atomic E-state index is 4.36. The van der Waals surface area contributed by atoms with E-state index in [4.69, 9.17) is 0 Å². The minimum absolute atomic E-state index is 0.192. The molecule has 1 rings (SSSR count). The second kappa shape index (κ2) is 3.17. The Kier molecular flexibility index (Phi) is 2.57. The van der Waals surface area contributed by atoms with Gasteiger partial charge in [0, 0.05) is 5.69 Å². The number of aryl methyl sites for hydroxylation is 1. The molecule has 0 saturated carbocycles. The van der Waals surface area contributed by atoms with Crippen LogP contribution < -0.4 is 0 Å². The molecule has 1 nitrogen and oxygen atoms in total. The lowest BCUT2D eigenvalue weighted by molar-refractivity contribution is 0.582. The molecule has 1 aromatic heterocycles. The Hall–Kier alpha value is -0.370. The van der Waals surface area contributed by atoms with Gasteiger partial charge in [-0.05, 0) is 39.9 Å². The van der Waals surface area contributed by atoms with E-state index in [1.165, 1.54) is 5.56 Å². The highest BCUT2D eigenvalue weighted by Gasteiger charge is 2.16. The number of nitrogens with zero attached hydrogens (tertiary/aromatic N) is 1. The molecule has 66 valence electrons. The Balaban J connectivity index is 3.19. The van der Waals surface area contributed by atoms with Gasteiger partial charge in [-0.2, -0.15) is 0 Å². The van der Waals surface area contributed by atoms with Crippen molar-refractivity contribution in [1.29, 1.82) is 0 Å². The van der Waals surface area contributed by atoms with Gasteiger partial charge in [0.15, 0.2) is 0 Å². The Morgan fingerprint density at radius 3 is 2.25 bits per heavy atom. The molecule has 0 bridgehead atoms. The van der Waals surface area contributed by atoms with Crippen molar-refractivity contribution in [3.8, 4) is 0 Å². The fraction of sp³-hybridized carbons (Fsp3) is 0.500. The molecule has 0 spiro atoms. The van der Waals surface area contributed by atoms with Crippen LogP contribution in [0.4, 0.5) is 0 Å². The van der Waals surface area contributed by atoms with Crippen LogP contribution in [-0.2, 0) is 5.41 Å². The Bertz CT molecular complexity index is 286. The third kappa shape index (κ3) is 2.07. The smallest absolute Gasteiger partial charge is 0.106 e. The average Bonchev–Trinajstić information content (AvgIpc) is 1.83. The quantitative estimate of drug-likeness (QED) is 0.619. The summed E-state index contributed by atoms with van der Waals surface area (Å²) in [5.41, 5.74) is 2.61. The van der Waals surface area contributed by atoms with E-state index < -0.39 is 0 Å². The normalized spacial score (nSPS) is 11.8. The lowest BCUT2D eigenvalue weighted by atomic mass is 9.86. The van der Waals surface area contributed by atoms with Crippen molar-refractivity contribution in [3.63, 3.8) is 0 Å². The summed E-state index contributed by atoms with van der Waals surface area (Å²) in [6.07, 6.45) is 0. The van der Waals surface area contributed by atoms with E-state index >= 15 is 0 Å². The predicted octanol–water partition coefficient (Wildman–Crippen LogP) is 3.45. The second-order valence-electron chi connectivity index (χ2n) is 4.02. The van der Waals surface area contributed by atoms with Crippen molar-refractivity contribution in [1.82, 2.24) is 4.98 Å². The molecule has 0 aliphatic heterocycles. The maximum absolute atomic E-state index is 4.36. The number of halogens is 1. The number of hydrogen-bond donors (Lipinski definition) is 0. The molecule has 0 N–H and O–H groups in total. The highest BCUT2D eigenvalue weighted by Crippen LogP contribution is 2.25. The summed E-state index contributed by atoms with van der Waals surface area (Å²) in [7, 11) is 0. The molecule has 0 aliphatic rings. The Morgan fingerprint density at radius 1 is 1.25 bits per heavy atom. The predicted molar refractivity (Wildman–Crippen MR) is 55.4 cm³/mol. The largest absolute Gasteiger partial charge is 0.246 e. The van der Waals surface area contributed by atoms with Crippen molar-refractivity contribution in [2.75, 3.05) is 0 Å². The minimum atomic E-state index is 0.192. The van der Waals surface area contributed by atoms with Gasteiger partial charge in [-0.3, -0.25) is 0 Å². The van der Waals surface area contributed by atoms with Gasteiger partial charge in [0.1, 0.15) is 4.60 Å². The van der Waals surface area contributed by atoms with Crippen molar-refractivity contribution in [2.45, 2.75) is 33.1 Å². The van der Waals surface area contributed by atoms with Crippen LogP contribution in [0.3, 0.4) is 0 Å². The zero-order valence-corrected chi connectivity index (χ0v) is 9.57. The molecule has 0 aromatic carbocycles. The first-order valence-corrected chi connectivity index (χ1v) is 4.84. The molecule has 2 heteroatoms. The average molecular weight is 228 g/mol. The van der Waals surface area contributed by atoms with E-state index in [2.05, 4.69) is 47.8 Å². The Morgan fingerprint density at radius 2 is 1.83 bits per heavy atom. The molecule has 0 radical (unpaired) electrons. The van der Waals surface area contributed by atoms with E-state index in [1.54, 1.807) is 0 Å². The van der Waals surface area contributed by atoms with E-state index in [0.717, 1.165) is 10.3 Å². The van der Waals surface area contributed by atoms with Crippen LogP contribution in [0.25, 0.3) is 0 Å². The summed E-state index contributed by atoms with van der Waals surface area (Å²) in [6.45, 7) is 8.64. The summed E-state index contributed by atoms with van der Waals surface area (Å²) >= 11 is 3.35. The van der Waals surface area contributed by atoms with Gasteiger partial charge in [-0.1, -0.05) is 26.8 Å². The molecule has 0 atom stereocenters. The number of pyridine rings is 1. The van der Waals surface area contributed by atoms with Gasteiger partial charge >= 0.3 is 0 Å². The highest BCUT2D eigenvalue weighted by atomic mass is 79.9. The zero-order chi connectivity index (χ0) is 9.35. The van der Waals surface area contributed by atoms with Crippen LogP contribution in [0.15, 0.2) is 16.7 Å². The fourth-order valence-corrected chi connectivity index (χ4v) is 1.72. The standard InChI is InChI=1S/C10H14BrN/c1-7-8(10(2,3)4)5-6-9(11)12-7/h5-6H,1-4H3. The first-order chi connectivity index (χ1) is 5.41. The maximum Gasteiger partial charge on any atom is 0.106 e. The van der Waals surface area contributed by atoms with Crippen molar-refractivity contribution in [2.24, 2.45) is 0 Å². The lowest BCUT2D eigenvalue weighted by Crippen LogP contribution is -2.13. The van der Waals surface area contributed by atoms with Crippen molar-refractivity contribution in [3.05, 3.63) is 28.0 Å². The SMILES string of the molecule is Cc1nc(Br)ccc1C(C)(C)C. The van der Waals surface area contributed by atoms with Gasteiger partial charge in [-0.15, -0.1) is 0 Å². The van der Waals surface area contributed by atoms with E-state index in [-0.39, 0.29) is 5.41 Å². The van der Waals surface area contributed by atoms with Crippen molar-refractivity contribution < 1.29 is 0 Å². The topological polar surface area (TPSA) is 12.9 Å². The van der Waals surface area contributed by atoms with Crippen LogP contribution in [0.2, 0.25) is 0 Å². The number of rotatable bonds is 0. The molecular formula is C10H14BrN. The van der Waals surface area contributed by atoms with Crippen LogP contribution in [0.1, 0.15) is 32.0 Å². The summed E-state index contributed by atoms with van der Waals surface area (Å²) < 4.78 is 0.910.